The van der Waals surface area contributed by atoms with Crippen LogP contribution in [0.1, 0.15) is 0 Å². The summed E-state index contributed by atoms with van der Waals surface area (Å²) < 4.78 is 4.73. The van der Waals surface area contributed by atoms with Gasteiger partial charge in [-0.25, -0.2) is 0 Å². The molecule has 0 aromatic carbocycles. The Morgan fingerprint density at radius 2 is 1.47 bits per heavy atom. The zero-order valence-corrected chi connectivity index (χ0v) is 10.9. The van der Waals surface area contributed by atoms with Crippen molar-refractivity contribution in [2.24, 2.45) is 0 Å². The van der Waals surface area contributed by atoms with E-state index in [-0.39, 0.29) is 26.4 Å². The molecule has 0 bridgehead atoms. The van der Waals surface area contributed by atoms with E-state index in [1.807, 2.05) is 0 Å². The predicted molar refractivity (Wildman–Crippen MR) is 64.5 cm³/mol. The van der Waals surface area contributed by atoms with E-state index in [2.05, 4.69) is 0 Å². The first-order valence-corrected chi connectivity index (χ1v) is 5.95. The molecule has 1 rings (SSSR count). The van der Waals surface area contributed by atoms with E-state index >= 15 is 0 Å². The highest BCUT2D eigenvalue weighted by Gasteiger charge is 2.19. The Balaban J connectivity index is 0. The van der Waals surface area contributed by atoms with E-state index in [1.54, 1.807) is 0 Å². The van der Waals surface area contributed by atoms with Gasteiger partial charge in [0.25, 0.3) is 0 Å². The van der Waals surface area contributed by atoms with Gasteiger partial charge < -0.3 is 30.3 Å². The topological polar surface area (TPSA) is 114 Å². The van der Waals surface area contributed by atoms with Crippen LogP contribution in [0.3, 0.4) is 0 Å². The van der Waals surface area contributed by atoms with Crippen molar-refractivity contribution >= 4 is 23.2 Å². The second-order valence-electron chi connectivity index (χ2n) is 3.09. The Bertz CT molecular complexity index is 129. The second kappa shape index (κ2) is 14.4. The number of hydrogen-bond donors (Lipinski definition) is 5. The van der Waals surface area contributed by atoms with Gasteiger partial charge in [-0.2, -0.15) is 0 Å². The highest BCUT2D eigenvalue weighted by molar-refractivity contribution is 6.20. The Morgan fingerprint density at radius 1 is 1.06 bits per heavy atom. The quantitative estimate of drug-likeness (QED) is 0.313. The number of hydrogen-bond acceptors (Lipinski definition) is 6. The van der Waals surface area contributed by atoms with Crippen molar-refractivity contribution < 1.29 is 30.3 Å². The van der Waals surface area contributed by atoms with Gasteiger partial charge >= 0.3 is 0 Å². The smallest absolute Gasteiger partial charge is 0.100 e. The number of epoxide rings is 1. The molecule has 106 valence electrons. The molecule has 0 spiro atoms. The number of ether oxygens (including phenoxy) is 1. The first kappa shape index (κ1) is 19.7. The van der Waals surface area contributed by atoms with E-state index in [4.69, 9.17) is 53.5 Å². The number of aliphatic hydroxyl groups is 5. The Kier molecular flexibility index (Phi) is 16.7. The molecule has 5 N–H and O–H groups in total. The Hall–Kier alpha value is 0.340. The van der Waals surface area contributed by atoms with E-state index in [0.717, 1.165) is 6.61 Å². The maximum Gasteiger partial charge on any atom is 0.100 e. The summed E-state index contributed by atoms with van der Waals surface area (Å²) >= 11 is 10.4. The third-order valence-corrected chi connectivity index (χ3v) is 2.01. The number of aliphatic hydroxyl groups excluding tert-OH is 5. The maximum atomic E-state index is 8.17. The largest absolute Gasteiger partial charge is 0.395 e. The lowest BCUT2D eigenvalue weighted by Crippen LogP contribution is -2.15. The molecule has 1 aliphatic rings. The maximum absolute atomic E-state index is 8.17. The third kappa shape index (κ3) is 18.9. The van der Waals surface area contributed by atoms with Gasteiger partial charge in [0.1, 0.15) is 6.10 Å². The van der Waals surface area contributed by atoms with Crippen LogP contribution in [0, 0.1) is 0 Å². The summed E-state index contributed by atoms with van der Waals surface area (Å²) in [6.45, 7) is -0.160. The third-order valence-electron chi connectivity index (χ3n) is 1.39. The lowest BCUT2D eigenvalue weighted by atomic mass is 10.4. The van der Waals surface area contributed by atoms with Crippen LogP contribution in [0.15, 0.2) is 0 Å². The predicted octanol–water partition coefficient (Wildman–Crippen LogP) is -1.47. The molecule has 0 aromatic rings. The Labute approximate surface area is 110 Å². The zero-order valence-electron chi connectivity index (χ0n) is 9.37. The number of halogens is 2. The number of rotatable bonds is 5. The molecule has 1 unspecified atom stereocenters. The molecule has 0 saturated carbocycles. The SMILES string of the molecule is ClCC1CO1.OCC(Cl)CO.OCC(O)CO. The van der Waals surface area contributed by atoms with Crippen LogP contribution in [0.25, 0.3) is 0 Å². The summed E-state index contributed by atoms with van der Waals surface area (Å²) in [7, 11) is 0. The highest BCUT2D eigenvalue weighted by atomic mass is 35.5. The first-order chi connectivity index (χ1) is 8.05. The van der Waals surface area contributed by atoms with E-state index in [1.165, 1.54) is 0 Å². The van der Waals surface area contributed by atoms with Crippen LogP contribution in [0.4, 0.5) is 0 Å². The van der Waals surface area contributed by atoms with Gasteiger partial charge in [0.05, 0.1) is 50.4 Å². The summed E-state index contributed by atoms with van der Waals surface area (Å²) in [6.07, 6.45) is -0.554. The molecule has 0 aromatic heterocycles. The molecule has 6 nitrogen and oxygen atoms in total. The van der Waals surface area contributed by atoms with Gasteiger partial charge in [0.2, 0.25) is 0 Å². The molecule has 1 aliphatic heterocycles. The van der Waals surface area contributed by atoms with Gasteiger partial charge in [0, 0.05) is 0 Å². The van der Waals surface area contributed by atoms with Crippen molar-refractivity contribution in [1.82, 2.24) is 0 Å². The summed E-state index contributed by atoms with van der Waals surface area (Å²) in [5, 5.41) is 39.6. The van der Waals surface area contributed by atoms with Gasteiger partial charge in [0.15, 0.2) is 0 Å². The van der Waals surface area contributed by atoms with Crippen molar-refractivity contribution in [1.29, 1.82) is 0 Å². The Morgan fingerprint density at radius 3 is 1.47 bits per heavy atom. The standard InChI is InChI=1S/C3H7ClO2.C3H5ClO.C3H8O3/c4-3(1-5)2-6;4-1-3-2-5-3;4-1-3(6)2-5/h3,5-6H,1-2H2;3H,1-2H2;3-6H,1-2H2. The van der Waals surface area contributed by atoms with Gasteiger partial charge in [-0.15, -0.1) is 23.2 Å². The second-order valence-corrected chi connectivity index (χ2v) is 4.02. The minimum atomic E-state index is -0.954. The lowest BCUT2D eigenvalue weighted by molar-refractivity contribution is 0.0450. The molecule has 0 aliphatic carbocycles. The van der Waals surface area contributed by atoms with Crippen LogP contribution in [0.5, 0.6) is 0 Å². The summed E-state index contributed by atoms with van der Waals surface area (Å²) in [6, 6.07) is 0. The van der Waals surface area contributed by atoms with Crippen LogP contribution < -0.4 is 0 Å². The fourth-order valence-corrected chi connectivity index (χ4v) is 0.451. The molecular weight excluding hydrogens is 275 g/mol. The lowest BCUT2D eigenvalue weighted by Gasteiger charge is -1.96. The normalized spacial score (nSPS) is 17.1. The van der Waals surface area contributed by atoms with Gasteiger partial charge in [-0.1, -0.05) is 0 Å². The van der Waals surface area contributed by atoms with Crippen molar-refractivity contribution in [2.45, 2.75) is 17.6 Å². The summed E-state index contributed by atoms with van der Waals surface area (Å²) in [4.78, 5) is 0. The monoisotopic (exact) mass is 294 g/mol. The minimum Gasteiger partial charge on any atom is -0.395 e. The van der Waals surface area contributed by atoms with Crippen LogP contribution >= 0.6 is 23.2 Å². The molecule has 17 heavy (non-hydrogen) atoms. The average molecular weight is 295 g/mol. The van der Waals surface area contributed by atoms with Crippen molar-refractivity contribution in [3.05, 3.63) is 0 Å². The summed E-state index contributed by atoms with van der Waals surface area (Å²) in [5.41, 5.74) is 0. The molecular formula is C9H20Cl2O6. The molecule has 0 amide bonds. The molecule has 1 heterocycles. The zero-order chi connectivity index (χ0) is 13.7. The van der Waals surface area contributed by atoms with Crippen LogP contribution in [-0.4, -0.2) is 82.0 Å². The molecule has 0 radical (unpaired) electrons. The van der Waals surface area contributed by atoms with Crippen LogP contribution in [0.2, 0.25) is 0 Å². The molecule has 1 fully saturated rings. The minimum absolute atomic E-state index is 0.155. The first-order valence-electron chi connectivity index (χ1n) is 4.98. The average Bonchev–Trinajstić information content (AvgIpc) is 3.22. The fraction of sp³-hybridized carbons (Fsp3) is 1.00. The van der Waals surface area contributed by atoms with Gasteiger partial charge in [-0.05, 0) is 0 Å². The van der Waals surface area contributed by atoms with E-state index in [9.17, 15) is 0 Å². The molecule has 1 saturated heterocycles. The molecule has 1 atom stereocenters. The van der Waals surface area contributed by atoms with Crippen molar-refractivity contribution in [3.8, 4) is 0 Å². The highest BCUT2D eigenvalue weighted by Crippen LogP contribution is 2.08. The molecule has 8 heteroatoms. The summed E-state index contributed by atoms with van der Waals surface area (Å²) in [5.74, 6) is 0.667. The van der Waals surface area contributed by atoms with Crippen molar-refractivity contribution in [3.63, 3.8) is 0 Å². The number of alkyl halides is 2. The van der Waals surface area contributed by atoms with Gasteiger partial charge in [-0.3, -0.25) is 0 Å². The van der Waals surface area contributed by atoms with E-state index in [0.29, 0.717) is 12.0 Å². The van der Waals surface area contributed by atoms with E-state index < -0.39 is 11.5 Å². The van der Waals surface area contributed by atoms with Crippen LogP contribution in [-0.2, 0) is 4.74 Å². The van der Waals surface area contributed by atoms with Crippen molar-refractivity contribution in [2.75, 3.05) is 38.9 Å². The fourth-order valence-electron chi connectivity index (χ4n) is 0.273.